The summed E-state index contributed by atoms with van der Waals surface area (Å²) in [6.07, 6.45) is -3.95. The molecule has 0 saturated heterocycles. The Labute approximate surface area is 189 Å². The molecular weight excluding hydrogens is 437 g/mol. The maximum atomic E-state index is 12.7. The van der Waals surface area contributed by atoms with Crippen LogP contribution in [0.1, 0.15) is 20.3 Å². The van der Waals surface area contributed by atoms with E-state index in [4.69, 9.17) is 9.47 Å². The molecule has 0 radical (unpaired) electrons. The average Bonchev–Trinajstić information content (AvgIpc) is 2.77. The van der Waals surface area contributed by atoms with Crippen LogP contribution in [0.2, 0.25) is 0 Å². The second kappa shape index (κ2) is 10.3. The Morgan fingerprint density at radius 2 is 1.73 bits per heavy atom. The van der Waals surface area contributed by atoms with Crippen molar-refractivity contribution in [2.24, 2.45) is 0 Å². The summed E-state index contributed by atoms with van der Waals surface area (Å²) in [6, 6.07) is 12.7. The molecule has 0 saturated carbocycles. The van der Waals surface area contributed by atoms with E-state index in [0.717, 1.165) is 6.42 Å². The Morgan fingerprint density at radius 1 is 0.970 bits per heavy atom. The smallest absolute Gasteiger partial charge is 0.493 e. The van der Waals surface area contributed by atoms with Crippen LogP contribution in [0.5, 0.6) is 17.2 Å². The van der Waals surface area contributed by atoms with Gasteiger partial charge in [0.2, 0.25) is 5.95 Å². The lowest BCUT2D eigenvalue weighted by Gasteiger charge is -2.16. The van der Waals surface area contributed by atoms with Gasteiger partial charge < -0.3 is 24.8 Å². The fourth-order valence-corrected chi connectivity index (χ4v) is 2.96. The Balaban J connectivity index is 1.99. The van der Waals surface area contributed by atoms with Gasteiger partial charge in [0, 0.05) is 29.4 Å². The predicted molar refractivity (Wildman–Crippen MR) is 120 cm³/mol. The van der Waals surface area contributed by atoms with Crippen LogP contribution in [0.25, 0.3) is 11.3 Å². The van der Waals surface area contributed by atoms with E-state index in [1.807, 2.05) is 13.8 Å². The maximum absolute atomic E-state index is 12.7. The first-order valence-electron chi connectivity index (χ1n) is 10.2. The molecule has 10 heteroatoms. The molecule has 0 amide bonds. The van der Waals surface area contributed by atoms with Crippen LogP contribution in [-0.4, -0.2) is 36.6 Å². The van der Waals surface area contributed by atoms with E-state index >= 15 is 0 Å². The van der Waals surface area contributed by atoms with Crippen molar-refractivity contribution in [1.29, 1.82) is 0 Å². The second-order valence-corrected chi connectivity index (χ2v) is 7.19. The van der Waals surface area contributed by atoms with Crippen molar-refractivity contribution in [2.45, 2.75) is 32.7 Å². The van der Waals surface area contributed by atoms with Crippen LogP contribution in [0.3, 0.4) is 0 Å². The number of halogens is 3. The van der Waals surface area contributed by atoms with Crippen molar-refractivity contribution in [2.75, 3.05) is 24.9 Å². The minimum atomic E-state index is -4.78. The van der Waals surface area contributed by atoms with Gasteiger partial charge in [-0.05, 0) is 37.6 Å². The lowest BCUT2D eigenvalue weighted by molar-refractivity contribution is -0.274. The molecule has 1 atom stereocenters. The summed E-state index contributed by atoms with van der Waals surface area (Å²) in [6.45, 7) is 4.00. The minimum absolute atomic E-state index is 0.0917. The highest BCUT2D eigenvalue weighted by atomic mass is 19.4. The Bertz CT molecular complexity index is 1090. The van der Waals surface area contributed by atoms with Crippen molar-refractivity contribution in [1.82, 2.24) is 9.97 Å². The topological polar surface area (TPSA) is 77.5 Å². The number of rotatable bonds is 9. The monoisotopic (exact) mass is 462 g/mol. The predicted octanol–water partition coefficient (Wildman–Crippen LogP) is 6.01. The number of nitrogens with one attached hydrogen (secondary N) is 2. The van der Waals surface area contributed by atoms with Crippen molar-refractivity contribution in [3.63, 3.8) is 0 Å². The highest BCUT2D eigenvalue weighted by Gasteiger charge is 2.31. The third kappa shape index (κ3) is 6.64. The van der Waals surface area contributed by atoms with E-state index in [0.29, 0.717) is 40.2 Å². The van der Waals surface area contributed by atoms with Gasteiger partial charge in [0.25, 0.3) is 0 Å². The van der Waals surface area contributed by atoms with Crippen LogP contribution >= 0.6 is 0 Å². The highest BCUT2D eigenvalue weighted by Crippen LogP contribution is 2.32. The molecule has 0 aliphatic heterocycles. The molecule has 0 aliphatic rings. The van der Waals surface area contributed by atoms with Gasteiger partial charge >= 0.3 is 6.36 Å². The number of nitrogens with zero attached hydrogens (tertiary/aromatic N) is 2. The molecule has 0 aliphatic carbocycles. The quantitative estimate of drug-likeness (QED) is 0.403. The first kappa shape index (κ1) is 24.0. The summed E-state index contributed by atoms with van der Waals surface area (Å²) in [4.78, 5) is 8.99. The molecule has 3 aromatic rings. The third-order valence-corrected chi connectivity index (χ3v) is 4.73. The SMILES string of the molecule is CC[C@@H](C)Nc1nc(Nc2ccc(OC)c(OC)c2)cc(-c2cccc(OC(F)(F)F)c2)n1. The Kier molecular flexibility index (Phi) is 7.47. The summed E-state index contributed by atoms with van der Waals surface area (Å²) < 4.78 is 52.6. The van der Waals surface area contributed by atoms with Crippen molar-refractivity contribution in [3.05, 3.63) is 48.5 Å². The second-order valence-electron chi connectivity index (χ2n) is 7.19. The largest absolute Gasteiger partial charge is 0.573 e. The van der Waals surface area contributed by atoms with Gasteiger partial charge in [-0.15, -0.1) is 13.2 Å². The van der Waals surface area contributed by atoms with Gasteiger partial charge in [0.1, 0.15) is 11.6 Å². The summed E-state index contributed by atoms with van der Waals surface area (Å²) in [5.74, 6) is 1.57. The number of anilines is 3. The molecular formula is C23H25F3N4O3. The Hall–Kier alpha value is -3.69. The number of alkyl halides is 3. The van der Waals surface area contributed by atoms with Crippen LogP contribution in [0, 0.1) is 0 Å². The van der Waals surface area contributed by atoms with E-state index in [1.165, 1.54) is 25.3 Å². The molecule has 7 nitrogen and oxygen atoms in total. The van der Waals surface area contributed by atoms with Crippen LogP contribution in [-0.2, 0) is 0 Å². The van der Waals surface area contributed by atoms with E-state index in [-0.39, 0.29) is 11.8 Å². The first-order chi connectivity index (χ1) is 15.7. The molecule has 2 N–H and O–H groups in total. The summed E-state index contributed by atoms with van der Waals surface area (Å²) in [7, 11) is 3.08. The summed E-state index contributed by atoms with van der Waals surface area (Å²) in [5, 5.41) is 6.39. The van der Waals surface area contributed by atoms with Crippen molar-refractivity contribution in [3.8, 4) is 28.5 Å². The Morgan fingerprint density at radius 3 is 2.39 bits per heavy atom. The van der Waals surface area contributed by atoms with Crippen molar-refractivity contribution < 1.29 is 27.4 Å². The number of hydrogen-bond donors (Lipinski definition) is 2. The highest BCUT2D eigenvalue weighted by molar-refractivity contribution is 5.69. The number of ether oxygens (including phenoxy) is 3. The molecule has 2 aromatic carbocycles. The number of hydrogen-bond acceptors (Lipinski definition) is 7. The molecule has 1 aromatic heterocycles. The number of methoxy groups -OCH3 is 2. The molecule has 0 fully saturated rings. The normalized spacial score (nSPS) is 12.1. The van der Waals surface area contributed by atoms with Crippen LogP contribution < -0.4 is 24.8 Å². The molecule has 1 heterocycles. The van der Waals surface area contributed by atoms with Gasteiger partial charge in [-0.1, -0.05) is 19.1 Å². The average molecular weight is 462 g/mol. The molecule has 0 unspecified atom stereocenters. The maximum Gasteiger partial charge on any atom is 0.573 e. The van der Waals surface area contributed by atoms with Gasteiger partial charge in [0.05, 0.1) is 19.9 Å². The molecule has 0 spiro atoms. The van der Waals surface area contributed by atoms with Gasteiger partial charge in [-0.3, -0.25) is 0 Å². The van der Waals surface area contributed by atoms with E-state index in [1.54, 1.807) is 37.4 Å². The minimum Gasteiger partial charge on any atom is -0.493 e. The zero-order chi connectivity index (χ0) is 24.0. The van der Waals surface area contributed by atoms with E-state index in [2.05, 4.69) is 25.3 Å². The van der Waals surface area contributed by atoms with Crippen LogP contribution in [0.4, 0.5) is 30.6 Å². The third-order valence-electron chi connectivity index (χ3n) is 4.73. The zero-order valence-corrected chi connectivity index (χ0v) is 18.7. The standard InChI is InChI=1S/C23H25F3N4O3/c1-5-14(2)27-22-29-18(15-7-6-8-17(11-15)33-23(24,25)26)13-21(30-22)28-16-9-10-19(31-3)20(12-16)32-4/h6-14H,5H2,1-4H3,(H2,27,28,29,30)/t14-/m1/s1. The molecule has 176 valence electrons. The van der Waals surface area contributed by atoms with Gasteiger partial charge in [-0.2, -0.15) is 4.98 Å². The summed E-state index contributed by atoms with van der Waals surface area (Å²) >= 11 is 0. The molecule has 3 rings (SSSR count). The number of benzene rings is 2. The fraction of sp³-hybridized carbons (Fsp3) is 0.304. The van der Waals surface area contributed by atoms with Gasteiger partial charge in [0.15, 0.2) is 11.5 Å². The first-order valence-corrected chi connectivity index (χ1v) is 10.2. The lowest BCUT2D eigenvalue weighted by atomic mass is 10.1. The molecule has 33 heavy (non-hydrogen) atoms. The lowest BCUT2D eigenvalue weighted by Crippen LogP contribution is -2.17. The van der Waals surface area contributed by atoms with Crippen molar-refractivity contribution >= 4 is 17.5 Å². The van der Waals surface area contributed by atoms with E-state index in [9.17, 15) is 13.2 Å². The zero-order valence-electron chi connectivity index (χ0n) is 18.7. The summed E-state index contributed by atoms with van der Waals surface area (Å²) in [5.41, 5.74) is 1.55. The van der Waals surface area contributed by atoms with Gasteiger partial charge in [-0.25, -0.2) is 4.98 Å². The van der Waals surface area contributed by atoms with E-state index < -0.39 is 6.36 Å². The molecule has 0 bridgehead atoms. The fourth-order valence-electron chi connectivity index (χ4n) is 2.96. The van der Waals surface area contributed by atoms with Crippen LogP contribution in [0.15, 0.2) is 48.5 Å². The number of aromatic nitrogens is 2.